The number of para-hydroxylation sites is 2. The van der Waals surface area contributed by atoms with E-state index < -0.39 is 0 Å². The first-order chi connectivity index (χ1) is 21.5. The molecule has 9 heteroatoms. The number of imidazole rings is 1. The molecule has 1 N–H and O–H groups in total. The van der Waals surface area contributed by atoms with Crippen molar-refractivity contribution < 1.29 is 19.0 Å². The van der Waals surface area contributed by atoms with Gasteiger partial charge < -0.3 is 33.9 Å². The molecule has 4 aromatic rings. The van der Waals surface area contributed by atoms with E-state index in [2.05, 4.69) is 57.2 Å². The Hall–Kier alpha value is -4.24. The minimum absolute atomic E-state index is 0.00236. The maximum Gasteiger partial charge on any atom is 0.254 e. The summed E-state index contributed by atoms with van der Waals surface area (Å²) >= 11 is 0. The Morgan fingerprint density at radius 2 is 1.64 bits per heavy atom. The fraction of sp³-hybridized carbons (Fsp3) is 0.429. The molecule has 0 radical (unpaired) electrons. The number of ether oxygens (including phenoxy) is 3. The number of amides is 1. The number of fused-ring (bicyclic) bond motifs is 1. The van der Waals surface area contributed by atoms with Crippen LogP contribution >= 0.6 is 0 Å². The molecule has 1 amide bonds. The van der Waals surface area contributed by atoms with Crippen molar-refractivity contribution in [2.45, 2.75) is 25.7 Å². The quantitative estimate of drug-likeness (QED) is 0.267. The number of anilines is 1. The average Bonchev–Trinajstić information content (AvgIpc) is 3.61. The summed E-state index contributed by atoms with van der Waals surface area (Å²) < 4.78 is 16.5. The lowest BCUT2D eigenvalue weighted by atomic mass is 9.77. The second-order valence-electron chi connectivity index (χ2n) is 12.1. The smallest absolute Gasteiger partial charge is 0.254 e. The van der Waals surface area contributed by atoms with Crippen LogP contribution in [0.3, 0.4) is 0 Å². The van der Waals surface area contributed by atoms with Crippen molar-refractivity contribution in [1.82, 2.24) is 19.8 Å². The minimum Gasteiger partial charge on any atom is -0.493 e. The van der Waals surface area contributed by atoms with Gasteiger partial charge in [-0.15, -0.1) is 0 Å². The number of methoxy groups -OCH3 is 3. The Labute approximate surface area is 259 Å². The van der Waals surface area contributed by atoms with Crippen LogP contribution in [-0.2, 0) is 6.42 Å². The molecule has 1 aromatic heterocycles. The number of carbonyl (C=O) groups is 1. The van der Waals surface area contributed by atoms with Crippen LogP contribution in [0.2, 0.25) is 0 Å². The number of H-pyrrole nitrogens is 1. The van der Waals surface area contributed by atoms with Gasteiger partial charge in [0, 0.05) is 38.3 Å². The van der Waals surface area contributed by atoms with E-state index in [1.807, 2.05) is 17.0 Å². The maximum atomic E-state index is 13.9. The first-order valence-corrected chi connectivity index (χ1v) is 15.6. The van der Waals surface area contributed by atoms with Crippen LogP contribution in [0.15, 0.2) is 66.7 Å². The lowest BCUT2D eigenvalue weighted by molar-refractivity contribution is 0.0764. The lowest BCUT2D eigenvalue weighted by Gasteiger charge is -2.32. The molecular formula is C35H43N5O4. The maximum absolute atomic E-state index is 13.9. The first-order valence-electron chi connectivity index (χ1n) is 15.6. The standard InChI is InChI=1S/C35H43N5O4/c1-42-30-22-27(23-31(43-2)32(30)44-3)33(41)40-19-15-35(25-40,24-26-10-5-4-6-11-26)14-18-38-16-9-17-39(21-20-38)34-36-28-12-7-8-13-29(28)37-34/h4-8,10-13,22-23H,9,14-21,24-25H2,1-3H3,(H,36,37). The highest BCUT2D eigenvalue weighted by Crippen LogP contribution is 2.41. The van der Waals surface area contributed by atoms with Gasteiger partial charge in [0.15, 0.2) is 11.5 Å². The molecule has 0 saturated carbocycles. The molecule has 2 fully saturated rings. The number of nitrogens with one attached hydrogen (secondary N) is 1. The SMILES string of the molecule is COc1cc(C(=O)N2CCC(CCN3CCCN(c4nc5ccccc5[nH]4)CC3)(Cc3ccccc3)C2)cc(OC)c1OC. The Bertz CT molecular complexity index is 1520. The topological polar surface area (TPSA) is 83.2 Å². The second-order valence-corrected chi connectivity index (χ2v) is 12.1. The van der Waals surface area contributed by atoms with Crippen molar-refractivity contribution in [2.75, 3.05) is 72.0 Å². The van der Waals surface area contributed by atoms with Crippen molar-refractivity contribution >= 4 is 22.9 Å². The summed E-state index contributed by atoms with van der Waals surface area (Å²) in [6, 6.07) is 22.4. The third kappa shape index (κ3) is 6.33. The number of rotatable bonds is 10. The fourth-order valence-electron chi connectivity index (χ4n) is 6.85. The van der Waals surface area contributed by atoms with Crippen molar-refractivity contribution in [2.24, 2.45) is 5.41 Å². The van der Waals surface area contributed by atoms with Gasteiger partial charge in [-0.3, -0.25) is 4.79 Å². The predicted molar refractivity (Wildman–Crippen MR) is 173 cm³/mol. The predicted octanol–water partition coefficient (Wildman–Crippen LogP) is 5.27. The lowest BCUT2D eigenvalue weighted by Crippen LogP contribution is -2.37. The number of nitrogens with zero attached hydrogens (tertiary/aromatic N) is 4. The second kappa shape index (κ2) is 13.2. The number of hydrogen-bond acceptors (Lipinski definition) is 7. The van der Waals surface area contributed by atoms with Gasteiger partial charge in [0.05, 0.1) is 32.4 Å². The minimum atomic E-state index is -0.00422. The molecular weight excluding hydrogens is 554 g/mol. The first kappa shape index (κ1) is 29.8. The van der Waals surface area contributed by atoms with Crippen molar-refractivity contribution in [1.29, 1.82) is 0 Å². The van der Waals surface area contributed by atoms with E-state index >= 15 is 0 Å². The molecule has 232 valence electrons. The average molecular weight is 598 g/mol. The number of carbonyl (C=O) groups excluding carboxylic acids is 1. The van der Waals surface area contributed by atoms with E-state index in [9.17, 15) is 4.79 Å². The Balaban J connectivity index is 1.15. The van der Waals surface area contributed by atoms with Crippen molar-refractivity contribution in [3.8, 4) is 17.2 Å². The molecule has 1 atom stereocenters. The summed E-state index contributed by atoms with van der Waals surface area (Å²) in [5.74, 6) is 2.43. The van der Waals surface area contributed by atoms with E-state index in [4.69, 9.17) is 19.2 Å². The van der Waals surface area contributed by atoms with Gasteiger partial charge >= 0.3 is 0 Å². The fourth-order valence-corrected chi connectivity index (χ4v) is 6.85. The molecule has 3 heterocycles. The largest absolute Gasteiger partial charge is 0.493 e. The zero-order valence-electron chi connectivity index (χ0n) is 26.1. The van der Waals surface area contributed by atoms with Gasteiger partial charge in [-0.05, 0) is 74.0 Å². The van der Waals surface area contributed by atoms with Gasteiger partial charge in [0.1, 0.15) is 0 Å². The molecule has 0 spiro atoms. The van der Waals surface area contributed by atoms with Gasteiger partial charge in [-0.1, -0.05) is 42.5 Å². The highest BCUT2D eigenvalue weighted by Gasteiger charge is 2.40. The number of hydrogen-bond donors (Lipinski definition) is 1. The van der Waals surface area contributed by atoms with Crippen LogP contribution in [0.25, 0.3) is 11.0 Å². The zero-order chi connectivity index (χ0) is 30.5. The molecule has 0 aliphatic carbocycles. The van der Waals surface area contributed by atoms with Gasteiger partial charge in [-0.2, -0.15) is 0 Å². The van der Waals surface area contributed by atoms with Gasteiger partial charge in [0.2, 0.25) is 11.7 Å². The number of likely N-dealkylation sites (tertiary alicyclic amines) is 1. The third-order valence-corrected chi connectivity index (χ3v) is 9.28. The van der Waals surface area contributed by atoms with Crippen LogP contribution in [-0.4, -0.2) is 92.8 Å². The van der Waals surface area contributed by atoms with Crippen LogP contribution in [0, 0.1) is 5.41 Å². The third-order valence-electron chi connectivity index (χ3n) is 9.28. The van der Waals surface area contributed by atoms with Crippen LogP contribution in [0.1, 0.15) is 35.2 Å². The van der Waals surface area contributed by atoms with Crippen LogP contribution in [0.5, 0.6) is 17.2 Å². The monoisotopic (exact) mass is 597 g/mol. The Morgan fingerprint density at radius 1 is 0.886 bits per heavy atom. The van der Waals surface area contributed by atoms with E-state index in [-0.39, 0.29) is 11.3 Å². The molecule has 2 aliphatic heterocycles. The van der Waals surface area contributed by atoms with Gasteiger partial charge in [-0.25, -0.2) is 4.98 Å². The summed E-state index contributed by atoms with van der Waals surface area (Å²) in [6.07, 6.45) is 4.04. The summed E-state index contributed by atoms with van der Waals surface area (Å²) in [6.45, 7) is 6.43. The Morgan fingerprint density at radius 3 is 2.36 bits per heavy atom. The van der Waals surface area contributed by atoms with Crippen molar-refractivity contribution in [3.63, 3.8) is 0 Å². The molecule has 9 nitrogen and oxygen atoms in total. The van der Waals surface area contributed by atoms with Crippen LogP contribution < -0.4 is 19.1 Å². The summed E-state index contributed by atoms with van der Waals surface area (Å²) in [7, 11) is 4.72. The summed E-state index contributed by atoms with van der Waals surface area (Å²) in [4.78, 5) is 29.2. The number of aromatic nitrogens is 2. The highest BCUT2D eigenvalue weighted by atomic mass is 16.5. The molecule has 44 heavy (non-hydrogen) atoms. The van der Waals surface area contributed by atoms with Crippen LogP contribution in [0.4, 0.5) is 5.95 Å². The molecule has 1 unspecified atom stereocenters. The molecule has 2 aliphatic rings. The molecule has 3 aromatic carbocycles. The van der Waals surface area contributed by atoms with E-state index in [1.165, 1.54) is 5.56 Å². The number of aromatic amines is 1. The van der Waals surface area contributed by atoms with E-state index in [0.29, 0.717) is 22.8 Å². The molecule has 6 rings (SSSR count). The summed E-state index contributed by atoms with van der Waals surface area (Å²) in [5.41, 5.74) is 3.97. The van der Waals surface area contributed by atoms with E-state index in [1.54, 1.807) is 33.5 Å². The summed E-state index contributed by atoms with van der Waals surface area (Å²) in [5, 5.41) is 0. The normalized spacial score (nSPS) is 19.2. The van der Waals surface area contributed by atoms with Crippen molar-refractivity contribution in [3.05, 3.63) is 77.9 Å². The highest BCUT2D eigenvalue weighted by molar-refractivity contribution is 5.96. The van der Waals surface area contributed by atoms with E-state index in [0.717, 1.165) is 88.5 Å². The number of benzene rings is 3. The molecule has 2 saturated heterocycles. The Kier molecular flexibility index (Phi) is 8.93. The molecule has 0 bridgehead atoms. The van der Waals surface area contributed by atoms with Gasteiger partial charge in [0.25, 0.3) is 5.91 Å². The zero-order valence-corrected chi connectivity index (χ0v) is 26.1.